The van der Waals surface area contributed by atoms with Gasteiger partial charge in [-0.3, -0.25) is 0 Å². The normalized spacial score (nSPS) is 18.3. The Kier molecular flexibility index (Phi) is 3.84. The molecule has 0 spiro atoms. The van der Waals surface area contributed by atoms with Crippen molar-refractivity contribution in [3.8, 4) is 0 Å². The molecule has 116 valence electrons. The number of nitrogens with zero attached hydrogens (tertiary/aromatic N) is 2. The molecule has 1 aliphatic heterocycles. The summed E-state index contributed by atoms with van der Waals surface area (Å²) in [7, 11) is 0.986. The van der Waals surface area contributed by atoms with Crippen molar-refractivity contribution in [2.45, 2.75) is 18.6 Å². The number of fused-ring (bicyclic) bond motifs is 1. The number of urea groups is 1. The number of hydrogen-bond donors (Lipinski definition) is 1. The van der Waals surface area contributed by atoms with Crippen molar-refractivity contribution >= 4 is 12.0 Å². The van der Waals surface area contributed by atoms with E-state index in [-0.39, 0.29) is 13.0 Å². The molecule has 21 heavy (non-hydrogen) atoms. The SMILES string of the molecule is CN(CC(F)(F)F)C(=O)N1CCc2occc2C1C(=O)O. The Morgan fingerprint density at radius 3 is 2.76 bits per heavy atom. The highest BCUT2D eigenvalue weighted by Crippen LogP contribution is 2.31. The Hall–Kier alpha value is -2.19. The second kappa shape index (κ2) is 5.30. The van der Waals surface area contributed by atoms with Crippen LogP contribution in [0.15, 0.2) is 16.7 Å². The predicted molar refractivity (Wildman–Crippen MR) is 63.6 cm³/mol. The van der Waals surface area contributed by atoms with Crippen LogP contribution in [0.25, 0.3) is 0 Å². The van der Waals surface area contributed by atoms with Crippen LogP contribution in [0.3, 0.4) is 0 Å². The molecule has 0 saturated heterocycles. The van der Waals surface area contributed by atoms with E-state index >= 15 is 0 Å². The predicted octanol–water partition coefficient (Wildman–Crippen LogP) is 1.88. The fraction of sp³-hybridized carbons (Fsp3) is 0.500. The molecule has 0 radical (unpaired) electrons. The van der Waals surface area contributed by atoms with Gasteiger partial charge in [0.1, 0.15) is 12.3 Å². The van der Waals surface area contributed by atoms with Gasteiger partial charge in [-0.2, -0.15) is 13.2 Å². The third kappa shape index (κ3) is 3.11. The monoisotopic (exact) mass is 306 g/mol. The van der Waals surface area contributed by atoms with Gasteiger partial charge >= 0.3 is 18.2 Å². The number of carboxylic acids is 1. The highest BCUT2D eigenvalue weighted by Gasteiger charge is 2.40. The molecule has 1 aromatic rings. The second-order valence-corrected chi connectivity index (χ2v) is 4.74. The van der Waals surface area contributed by atoms with Crippen LogP contribution in [-0.4, -0.2) is 53.2 Å². The van der Waals surface area contributed by atoms with E-state index in [0.29, 0.717) is 16.2 Å². The van der Waals surface area contributed by atoms with Gasteiger partial charge in [0, 0.05) is 25.6 Å². The van der Waals surface area contributed by atoms with Gasteiger partial charge in [-0.25, -0.2) is 9.59 Å². The first-order chi connectivity index (χ1) is 9.70. The topological polar surface area (TPSA) is 74.0 Å². The molecule has 1 aromatic heterocycles. The van der Waals surface area contributed by atoms with E-state index in [4.69, 9.17) is 4.42 Å². The Morgan fingerprint density at radius 2 is 2.19 bits per heavy atom. The van der Waals surface area contributed by atoms with Crippen LogP contribution >= 0.6 is 0 Å². The molecule has 0 fully saturated rings. The molecule has 0 aliphatic carbocycles. The highest BCUT2D eigenvalue weighted by atomic mass is 19.4. The maximum absolute atomic E-state index is 12.3. The minimum atomic E-state index is -4.54. The quantitative estimate of drug-likeness (QED) is 0.905. The number of rotatable bonds is 2. The van der Waals surface area contributed by atoms with Crippen molar-refractivity contribution in [1.82, 2.24) is 9.80 Å². The molecule has 1 aliphatic rings. The molecule has 1 N–H and O–H groups in total. The van der Waals surface area contributed by atoms with Crippen molar-refractivity contribution in [1.29, 1.82) is 0 Å². The van der Waals surface area contributed by atoms with Crippen molar-refractivity contribution in [2.24, 2.45) is 0 Å². The lowest BCUT2D eigenvalue weighted by molar-refractivity contribution is -0.144. The summed E-state index contributed by atoms with van der Waals surface area (Å²) in [5.74, 6) is -0.879. The average Bonchev–Trinajstić information content (AvgIpc) is 2.82. The van der Waals surface area contributed by atoms with E-state index < -0.39 is 30.8 Å². The summed E-state index contributed by atoms with van der Waals surface area (Å²) in [6.07, 6.45) is -2.98. The number of alkyl halides is 3. The lowest BCUT2D eigenvalue weighted by Crippen LogP contribution is -2.50. The lowest BCUT2D eigenvalue weighted by atomic mass is 10.00. The Labute approximate surface area is 117 Å². The zero-order valence-corrected chi connectivity index (χ0v) is 11.1. The van der Waals surface area contributed by atoms with Gasteiger partial charge in [-0.05, 0) is 6.07 Å². The Morgan fingerprint density at radius 1 is 1.52 bits per heavy atom. The van der Waals surface area contributed by atoms with Crippen molar-refractivity contribution < 1.29 is 32.3 Å². The Bertz CT molecular complexity index is 555. The maximum atomic E-state index is 12.3. The Balaban J connectivity index is 2.23. The molecule has 9 heteroatoms. The van der Waals surface area contributed by atoms with Gasteiger partial charge in [0.15, 0.2) is 6.04 Å². The molecular weight excluding hydrogens is 293 g/mol. The van der Waals surface area contributed by atoms with Gasteiger partial charge < -0.3 is 19.3 Å². The standard InChI is InChI=1S/C12H13F3N2O4/c1-16(6-12(13,14)15)11(20)17-4-2-8-7(3-5-21-8)9(17)10(18)19/h3,5,9H,2,4,6H2,1H3,(H,18,19). The molecule has 0 saturated carbocycles. The average molecular weight is 306 g/mol. The highest BCUT2D eigenvalue weighted by molar-refractivity contribution is 5.84. The van der Waals surface area contributed by atoms with Crippen LogP contribution in [0.1, 0.15) is 17.4 Å². The largest absolute Gasteiger partial charge is 0.479 e. The number of amides is 2. The third-order valence-electron chi connectivity index (χ3n) is 3.19. The minimum absolute atomic E-state index is 0.0154. The zero-order chi connectivity index (χ0) is 15.8. The van der Waals surface area contributed by atoms with Gasteiger partial charge in [0.05, 0.1) is 6.26 Å². The van der Waals surface area contributed by atoms with Gasteiger partial charge in [-0.1, -0.05) is 0 Å². The van der Waals surface area contributed by atoms with E-state index in [2.05, 4.69) is 0 Å². The first kappa shape index (κ1) is 15.2. The number of carbonyl (C=O) groups is 2. The molecule has 2 amide bonds. The zero-order valence-electron chi connectivity index (χ0n) is 11.1. The van der Waals surface area contributed by atoms with Crippen LogP contribution in [0.2, 0.25) is 0 Å². The molecule has 2 rings (SSSR count). The van der Waals surface area contributed by atoms with E-state index in [9.17, 15) is 27.9 Å². The lowest BCUT2D eigenvalue weighted by Gasteiger charge is -2.35. The summed E-state index contributed by atoms with van der Waals surface area (Å²) in [6, 6.07) is -0.903. The van der Waals surface area contributed by atoms with Crippen LogP contribution in [0.4, 0.5) is 18.0 Å². The summed E-state index contributed by atoms with van der Waals surface area (Å²) in [5.41, 5.74) is 0.294. The van der Waals surface area contributed by atoms with Crippen molar-refractivity contribution in [2.75, 3.05) is 20.1 Å². The number of hydrogen-bond acceptors (Lipinski definition) is 3. The molecule has 2 heterocycles. The summed E-state index contributed by atoms with van der Waals surface area (Å²) >= 11 is 0. The first-order valence-corrected chi connectivity index (χ1v) is 6.08. The molecule has 1 unspecified atom stereocenters. The van der Waals surface area contributed by atoms with Crippen LogP contribution in [-0.2, 0) is 11.2 Å². The van der Waals surface area contributed by atoms with Gasteiger partial charge in [0.2, 0.25) is 0 Å². The number of furan rings is 1. The van der Waals surface area contributed by atoms with E-state index in [1.165, 1.54) is 12.3 Å². The number of aliphatic carboxylic acids is 1. The molecule has 0 aromatic carbocycles. The molecule has 6 nitrogen and oxygen atoms in total. The van der Waals surface area contributed by atoms with E-state index in [1.54, 1.807) is 0 Å². The van der Waals surface area contributed by atoms with Crippen molar-refractivity contribution in [3.05, 3.63) is 23.7 Å². The summed E-state index contributed by atoms with van der Waals surface area (Å²) in [5, 5.41) is 9.26. The summed E-state index contributed by atoms with van der Waals surface area (Å²) in [6.45, 7) is -1.45. The molecule has 1 atom stereocenters. The fourth-order valence-corrected chi connectivity index (χ4v) is 2.34. The molecule has 0 bridgehead atoms. The van der Waals surface area contributed by atoms with Gasteiger partial charge in [0.25, 0.3) is 0 Å². The maximum Gasteiger partial charge on any atom is 0.406 e. The summed E-state index contributed by atoms with van der Waals surface area (Å²) in [4.78, 5) is 24.8. The summed E-state index contributed by atoms with van der Waals surface area (Å²) < 4.78 is 42.1. The van der Waals surface area contributed by atoms with Crippen LogP contribution < -0.4 is 0 Å². The third-order valence-corrected chi connectivity index (χ3v) is 3.19. The number of halogens is 3. The second-order valence-electron chi connectivity index (χ2n) is 4.74. The fourth-order valence-electron chi connectivity index (χ4n) is 2.34. The molecular formula is C12H13F3N2O4. The van der Waals surface area contributed by atoms with Crippen molar-refractivity contribution in [3.63, 3.8) is 0 Å². The van der Waals surface area contributed by atoms with Gasteiger partial charge in [-0.15, -0.1) is 0 Å². The van der Waals surface area contributed by atoms with E-state index in [1.807, 2.05) is 0 Å². The minimum Gasteiger partial charge on any atom is -0.479 e. The van der Waals surface area contributed by atoms with Crippen LogP contribution in [0, 0.1) is 0 Å². The number of carbonyl (C=O) groups excluding carboxylic acids is 1. The number of carboxylic acid groups (broad SMARTS) is 1. The van der Waals surface area contributed by atoms with Crippen LogP contribution in [0.5, 0.6) is 0 Å². The first-order valence-electron chi connectivity index (χ1n) is 6.08. The van der Waals surface area contributed by atoms with E-state index in [0.717, 1.165) is 11.9 Å². The smallest absolute Gasteiger partial charge is 0.406 e.